The Labute approximate surface area is 153 Å². The van der Waals surface area contributed by atoms with Crippen molar-refractivity contribution in [2.75, 3.05) is 5.32 Å². The molecule has 130 valence electrons. The van der Waals surface area contributed by atoms with Crippen molar-refractivity contribution >= 4 is 29.0 Å². The van der Waals surface area contributed by atoms with Gasteiger partial charge in [-0.1, -0.05) is 42.8 Å². The largest absolute Gasteiger partial charge is 0.326 e. The summed E-state index contributed by atoms with van der Waals surface area (Å²) >= 11 is 6.44. The molecule has 0 atom stereocenters. The maximum absolute atomic E-state index is 12.4. The number of rotatable bonds is 5. The number of halogens is 1. The highest BCUT2D eigenvalue weighted by Gasteiger charge is 2.43. The van der Waals surface area contributed by atoms with Crippen LogP contribution < -0.4 is 5.32 Å². The Morgan fingerprint density at radius 2 is 1.84 bits per heavy atom. The van der Waals surface area contributed by atoms with E-state index in [1.165, 1.54) is 6.92 Å². The van der Waals surface area contributed by atoms with E-state index in [4.69, 9.17) is 11.6 Å². The third-order valence-corrected chi connectivity index (χ3v) is 5.23. The topological polar surface area (TPSA) is 46.2 Å². The highest BCUT2D eigenvalue weighted by Crippen LogP contribution is 2.46. The van der Waals surface area contributed by atoms with Crippen molar-refractivity contribution in [3.63, 3.8) is 0 Å². The molecular weight excluding hydrogens is 334 g/mol. The van der Waals surface area contributed by atoms with Crippen LogP contribution in [0, 0.1) is 12.3 Å². The first-order valence-corrected chi connectivity index (χ1v) is 8.87. The molecule has 4 heteroatoms. The van der Waals surface area contributed by atoms with E-state index in [2.05, 4.69) is 11.4 Å². The number of benzene rings is 2. The first kappa shape index (κ1) is 17.7. The van der Waals surface area contributed by atoms with Crippen molar-refractivity contribution in [2.24, 2.45) is 5.41 Å². The van der Waals surface area contributed by atoms with Crippen molar-refractivity contribution in [1.29, 1.82) is 0 Å². The zero-order chi connectivity index (χ0) is 18.2. The van der Waals surface area contributed by atoms with E-state index in [9.17, 15) is 9.59 Å². The molecule has 1 N–H and O–H groups in total. The van der Waals surface area contributed by atoms with E-state index in [0.717, 1.165) is 35.1 Å². The summed E-state index contributed by atoms with van der Waals surface area (Å²) in [7, 11) is 0. The number of nitrogens with one attached hydrogen (secondary N) is 1. The third kappa shape index (κ3) is 3.93. The van der Waals surface area contributed by atoms with Gasteiger partial charge in [-0.2, -0.15) is 0 Å². The summed E-state index contributed by atoms with van der Waals surface area (Å²) in [5.74, 6) is 0.184. The predicted octanol–water partition coefficient (Wildman–Crippen LogP) is 5.19. The first-order valence-electron chi connectivity index (χ1n) is 8.49. The molecular formula is C21H22ClNO2. The average Bonchev–Trinajstić information content (AvgIpc) is 3.28. The maximum atomic E-state index is 12.4. The van der Waals surface area contributed by atoms with Crippen LogP contribution in [-0.4, -0.2) is 11.7 Å². The van der Waals surface area contributed by atoms with Crippen molar-refractivity contribution in [2.45, 2.75) is 40.0 Å². The molecule has 0 aromatic heterocycles. The zero-order valence-electron chi connectivity index (χ0n) is 14.8. The molecule has 1 amide bonds. The second kappa shape index (κ2) is 6.64. The second-order valence-electron chi connectivity index (χ2n) is 7.19. The average molecular weight is 356 g/mol. The van der Waals surface area contributed by atoms with Gasteiger partial charge in [0.15, 0.2) is 0 Å². The third-order valence-electron chi connectivity index (χ3n) is 4.92. The lowest BCUT2D eigenvalue weighted by Crippen LogP contribution is -2.14. The van der Waals surface area contributed by atoms with Gasteiger partial charge in [0.2, 0.25) is 5.91 Å². The molecule has 1 aliphatic rings. The summed E-state index contributed by atoms with van der Waals surface area (Å²) in [6.07, 6.45) is 2.47. The molecule has 3 rings (SSSR count). The Morgan fingerprint density at radius 3 is 2.44 bits per heavy atom. The molecule has 0 spiro atoms. The Kier molecular flexibility index (Phi) is 4.70. The highest BCUT2D eigenvalue weighted by atomic mass is 35.5. The minimum Gasteiger partial charge on any atom is -0.326 e. The number of hydrogen-bond donors (Lipinski definition) is 1. The number of anilines is 1. The summed E-state index contributed by atoms with van der Waals surface area (Å²) < 4.78 is 0. The molecule has 1 saturated carbocycles. The SMILES string of the molecule is CC(=O)Nc1ccc(-c2cc(CC(=O)C3(C)CC3)ccc2C)c(Cl)c1. The molecule has 0 saturated heterocycles. The van der Waals surface area contributed by atoms with E-state index in [1.807, 2.05) is 38.1 Å². The summed E-state index contributed by atoms with van der Waals surface area (Å²) in [5, 5.41) is 3.31. The number of ketones is 1. The van der Waals surface area contributed by atoms with Gasteiger partial charge in [-0.15, -0.1) is 0 Å². The molecule has 1 aliphatic carbocycles. The molecule has 2 aromatic carbocycles. The summed E-state index contributed by atoms with van der Waals surface area (Å²) in [6, 6.07) is 11.6. The predicted molar refractivity (Wildman–Crippen MR) is 102 cm³/mol. The van der Waals surface area contributed by atoms with E-state index in [0.29, 0.717) is 22.9 Å². The summed E-state index contributed by atoms with van der Waals surface area (Å²) in [6.45, 7) is 5.54. The van der Waals surface area contributed by atoms with Crippen LogP contribution >= 0.6 is 11.6 Å². The molecule has 3 nitrogen and oxygen atoms in total. The fourth-order valence-electron chi connectivity index (χ4n) is 2.95. The van der Waals surface area contributed by atoms with Crippen molar-refractivity contribution in [3.05, 3.63) is 52.5 Å². The quantitative estimate of drug-likeness (QED) is 0.802. The monoisotopic (exact) mass is 355 g/mol. The number of carbonyl (C=O) groups is 2. The summed E-state index contributed by atoms with van der Waals surface area (Å²) in [5.41, 5.74) is 4.60. The van der Waals surface area contributed by atoms with Gasteiger partial charge in [0.25, 0.3) is 0 Å². The smallest absolute Gasteiger partial charge is 0.221 e. The molecule has 0 aliphatic heterocycles. The number of hydrogen-bond acceptors (Lipinski definition) is 2. The fourth-order valence-corrected chi connectivity index (χ4v) is 3.23. The van der Waals surface area contributed by atoms with Crippen molar-refractivity contribution in [1.82, 2.24) is 0 Å². The van der Waals surface area contributed by atoms with Crippen LogP contribution in [0.2, 0.25) is 5.02 Å². The Hall–Kier alpha value is -2.13. The molecule has 2 aromatic rings. The van der Waals surface area contributed by atoms with Crippen molar-refractivity contribution < 1.29 is 9.59 Å². The molecule has 0 unspecified atom stereocenters. The van der Waals surface area contributed by atoms with E-state index in [1.54, 1.807) is 6.07 Å². The first-order chi connectivity index (χ1) is 11.8. The van der Waals surface area contributed by atoms with Crippen molar-refractivity contribution in [3.8, 4) is 11.1 Å². The minimum atomic E-state index is -0.130. The van der Waals surface area contributed by atoms with Crippen LogP contribution in [0.5, 0.6) is 0 Å². The molecule has 0 bridgehead atoms. The molecule has 0 heterocycles. The van der Waals surface area contributed by atoms with Crippen LogP contribution in [-0.2, 0) is 16.0 Å². The Bertz CT molecular complexity index is 853. The van der Waals surface area contributed by atoms with Crippen LogP contribution in [0.4, 0.5) is 5.69 Å². The number of carbonyl (C=O) groups excluding carboxylic acids is 2. The van der Waals surface area contributed by atoms with Gasteiger partial charge in [0.05, 0.1) is 5.02 Å². The number of aryl methyl sites for hydroxylation is 1. The van der Waals surface area contributed by atoms with Gasteiger partial charge in [-0.25, -0.2) is 0 Å². The van der Waals surface area contributed by atoms with Crippen LogP contribution in [0.3, 0.4) is 0 Å². The fraction of sp³-hybridized carbons (Fsp3) is 0.333. The van der Waals surface area contributed by atoms with Crippen LogP contribution in [0.1, 0.15) is 37.8 Å². The van der Waals surface area contributed by atoms with Crippen LogP contribution in [0.15, 0.2) is 36.4 Å². The Balaban J connectivity index is 1.90. The van der Waals surface area contributed by atoms with Gasteiger partial charge in [0.1, 0.15) is 5.78 Å². The van der Waals surface area contributed by atoms with E-state index >= 15 is 0 Å². The van der Waals surface area contributed by atoms with E-state index in [-0.39, 0.29) is 11.3 Å². The van der Waals surface area contributed by atoms with Gasteiger partial charge < -0.3 is 5.32 Å². The Morgan fingerprint density at radius 1 is 1.12 bits per heavy atom. The van der Waals surface area contributed by atoms with Gasteiger partial charge in [-0.05, 0) is 48.6 Å². The lowest BCUT2D eigenvalue weighted by Gasteiger charge is -2.13. The number of amides is 1. The van der Waals surface area contributed by atoms with Crippen LogP contribution in [0.25, 0.3) is 11.1 Å². The lowest BCUT2D eigenvalue weighted by atomic mass is 9.93. The molecule has 0 radical (unpaired) electrons. The maximum Gasteiger partial charge on any atom is 0.221 e. The minimum absolute atomic E-state index is 0.108. The lowest BCUT2D eigenvalue weighted by molar-refractivity contribution is -0.122. The van der Waals surface area contributed by atoms with Gasteiger partial charge in [0, 0.05) is 30.0 Å². The number of Topliss-reactive ketones (excluding diaryl/α,β-unsaturated/α-hetero) is 1. The molecule has 1 fully saturated rings. The second-order valence-corrected chi connectivity index (χ2v) is 7.59. The standard InChI is InChI=1S/C21H22ClNO2/c1-13-4-5-15(11-20(25)21(3)8-9-21)10-18(13)17-7-6-16(12-19(17)22)23-14(2)24/h4-7,10,12H,8-9,11H2,1-3H3,(H,23,24). The zero-order valence-corrected chi connectivity index (χ0v) is 15.5. The van der Waals surface area contributed by atoms with Gasteiger partial charge >= 0.3 is 0 Å². The summed E-state index contributed by atoms with van der Waals surface area (Å²) in [4.78, 5) is 23.6. The normalized spacial score (nSPS) is 14.9. The van der Waals surface area contributed by atoms with E-state index < -0.39 is 0 Å². The molecule has 25 heavy (non-hydrogen) atoms. The highest BCUT2D eigenvalue weighted by molar-refractivity contribution is 6.33. The van der Waals surface area contributed by atoms with Gasteiger partial charge in [-0.3, -0.25) is 9.59 Å².